The lowest BCUT2D eigenvalue weighted by atomic mass is 10.2. The Labute approximate surface area is 103 Å². The smallest absolute Gasteiger partial charge is 0.373 e. The van der Waals surface area contributed by atoms with Gasteiger partial charge >= 0.3 is 5.97 Å². The number of rotatable bonds is 4. The first-order valence-corrected chi connectivity index (χ1v) is 6.01. The first-order chi connectivity index (χ1) is 8.70. The third kappa shape index (κ3) is 1.72. The van der Waals surface area contributed by atoms with Gasteiger partial charge in [0.1, 0.15) is 5.76 Å². The molecule has 18 heavy (non-hydrogen) atoms. The molecule has 1 N–H and O–H groups in total. The summed E-state index contributed by atoms with van der Waals surface area (Å²) >= 11 is 0. The molecule has 5 heteroatoms. The summed E-state index contributed by atoms with van der Waals surface area (Å²) in [5, 5.41) is 9.12. The lowest BCUT2D eigenvalue weighted by Gasteiger charge is -1.93. The fourth-order valence-corrected chi connectivity index (χ4v) is 2.04. The van der Waals surface area contributed by atoms with Crippen molar-refractivity contribution in [3.63, 3.8) is 0 Å². The highest BCUT2D eigenvalue weighted by atomic mass is 16.4. The van der Waals surface area contributed by atoms with Gasteiger partial charge in [0.2, 0.25) is 11.7 Å². The van der Waals surface area contributed by atoms with Crippen LogP contribution in [0.3, 0.4) is 0 Å². The van der Waals surface area contributed by atoms with Crippen molar-refractivity contribution in [2.45, 2.75) is 32.1 Å². The van der Waals surface area contributed by atoms with Gasteiger partial charge in [-0.15, -0.1) is 0 Å². The fraction of sp³-hybridized carbons (Fsp3) is 0.385. The molecule has 0 atom stereocenters. The molecule has 0 saturated heterocycles. The largest absolute Gasteiger partial charge is 0.475 e. The average molecular weight is 247 g/mol. The normalized spacial score (nSPS) is 14.9. The third-order valence-corrected chi connectivity index (χ3v) is 3.11. The summed E-state index contributed by atoms with van der Waals surface area (Å²) in [5.41, 5.74) is 1.31. The van der Waals surface area contributed by atoms with Gasteiger partial charge in [-0.05, 0) is 18.9 Å². The van der Waals surface area contributed by atoms with Crippen LogP contribution in [0.25, 0.3) is 11.5 Å². The maximum Gasteiger partial charge on any atom is 0.373 e. The van der Waals surface area contributed by atoms with Crippen LogP contribution < -0.4 is 0 Å². The van der Waals surface area contributed by atoms with E-state index in [9.17, 15) is 4.79 Å². The highest BCUT2D eigenvalue weighted by Gasteiger charge is 2.34. The van der Waals surface area contributed by atoms with E-state index in [1.54, 1.807) is 12.3 Å². The molecule has 1 fully saturated rings. The van der Waals surface area contributed by atoms with Crippen molar-refractivity contribution in [1.82, 2.24) is 4.98 Å². The van der Waals surface area contributed by atoms with Crippen molar-refractivity contribution in [2.75, 3.05) is 0 Å². The minimum atomic E-state index is -1.06. The number of aromatic nitrogens is 1. The van der Waals surface area contributed by atoms with Crippen LogP contribution in [0, 0.1) is 0 Å². The summed E-state index contributed by atoms with van der Waals surface area (Å²) < 4.78 is 10.7. The zero-order chi connectivity index (χ0) is 12.7. The number of furan rings is 1. The van der Waals surface area contributed by atoms with Crippen molar-refractivity contribution < 1.29 is 18.7 Å². The van der Waals surface area contributed by atoms with E-state index in [4.69, 9.17) is 13.9 Å². The van der Waals surface area contributed by atoms with Gasteiger partial charge < -0.3 is 13.9 Å². The Morgan fingerprint density at radius 2 is 2.33 bits per heavy atom. The van der Waals surface area contributed by atoms with E-state index in [-0.39, 0.29) is 11.7 Å². The van der Waals surface area contributed by atoms with Gasteiger partial charge in [-0.3, -0.25) is 0 Å². The molecule has 0 aromatic carbocycles. The molecule has 3 rings (SSSR count). The molecule has 1 saturated carbocycles. The van der Waals surface area contributed by atoms with Crippen LogP contribution in [-0.2, 0) is 6.42 Å². The number of hydrogen-bond acceptors (Lipinski definition) is 4. The van der Waals surface area contributed by atoms with Crippen LogP contribution in [-0.4, -0.2) is 16.1 Å². The number of nitrogens with zero attached hydrogens (tertiary/aromatic N) is 1. The number of carboxylic acid groups (broad SMARTS) is 1. The molecule has 0 aliphatic heterocycles. The van der Waals surface area contributed by atoms with Crippen LogP contribution >= 0.6 is 0 Å². The van der Waals surface area contributed by atoms with Gasteiger partial charge in [-0.2, -0.15) is 0 Å². The van der Waals surface area contributed by atoms with Gasteiger partial charge in [-0.1, -0.05) is 6.92 Å². The summed E-state index contributed by atoms with van der Waals surface area (Å²) in [5.74, 6) is 0.258. The molecule has 0 unspecified atom stereocenters. The van der Waals surface area contributed by atoms with E-state index in [2.05, 4.69) is 4.98 Å². The molecule has 1 aliphatic rings. The molecular weight excluding hydrogens is 234 g/mol. The minimum absolute atomic E-state index is 0.0317. The van der Waals surface area contributed by atoms with E-state index in [1.807, 2.05) is 6.92 Å². The summed E-state index contributed by atoms with van der Waals surface area (Å²) in [4.78, 5) is 15.5. The van der Waals surface area contributed by atoms with Crippen molar-refractivity contribution in [3.05, 3.63) is 29.5 Å². The highest BCUT2D eigenvalue weighted by Crippen LogP contribution is 2.42. The van der Waals surface area contributed by atoms with Gasteiger partial charge in [0.25, 0.3) is 0 Å². The van der Waals surface area contributed by atoms with Crippen LogP contribution in [0.2, 0.25) is 0 Å². The monoisotopic (exact) mass is 247 g/mol. The zero-order valence-electron chi connectivity index (χ0n) is 9.97. The molecular formula is C13H13NO4. The molecule has 0 radical (unpaired) electrons. The second kappa shape index (κ2) is 4.01. The van der Waals surface area contributed by atoms with Crippen molar-refractivity contribution in [1.29, 1.82) is 0 Å². The van der Waals surface area contributed by atoms with E-state index in [0.717, 1.165) is 24.2 Å². The number of hydrogen-bond donors (Lipinski definition) is 1. The standard InChI is InChI=1S/C13H13NO4/c1-2-9-8(5-6-17-9)12-14-10(7-3-4-7)11(18-12)13(15)16/h5-7H,2-4H2,1H3,(H,15,16). The second-order valence-electron chi connectivity index (χ2n) is 4.42. The fourth-order valence-electron chi connectivity index (χ4n) is 2.04. The Balaban J connectivity index is 2.08. The second-order valence-corrected chi connectivity index (χ2v) is 4.42. The molecule has 2 heterocycles. The number of oxazole rings is 1. The van der Waals surface area contributed by atoms with Crippen LogP contribution in [0.4, 0.5) is 0 Å². The van der Waals surface area contributed by atoms with Gasteiger partial charge in [-0.25, -0.2) is 9.78 Å². The summed E-state index contributed by atoms with van der Waals surface area (Å²) in [6, 6.07) is 1.76. The number of carbonyl (C=O) groups is 1. The van der Waals surface area contributed by atoms with Crippen molar-refractivity contribution in [2.24, 2.45) is 0 Å². The predicted molar refractivity (Wildman–Crippen MR) is 62.5 cm³/mol. The Bertz CT molecular complexity index is 592. The Hall–Kier alpha value is -2.04. The maximum absolute atomic E-state index is 11.1. The lowest BCUT2D eigenvalue weighted by Crippen LogP contribution is -1.98. The predicted octanol–water partition coefficient (Wildman–Crippen LogP) is 3.07. The summed E-state index contributed by atoms with van der Waals surface area (Å²) in [7, 11) is 0. The van der Waals surface area contributed by atoms with E-state index in [0.29, 0.717) is 18.0 Å². The van der Waals surface area contributed by atoms with Gasteiger partial charge in [0.05, 0.1) is 17.5 Å². The Kier molecular flexibility index (Phi) is 2.47. The topological polar surface area (TPSA) is 76.5 Å². The van der Waals surface area contributed by atoms with E-state index < -0.39 is 5.97 Å². The number of carboxylic acids is 1. The molecule has 0 amide bonds. The van der Waals surface area contributed by atoms with Crippen LogP contribution in [0.5, 0.6) is 0 Å². The Morgan fingerprint density at radius 1 is 1.56 bits per heavy atom. The van der Waals surface area contributed by atoms with Crippen molar-refractivity contribution in [3.8, 4) is 11.5 Å². The molecule has 2 aromatic rings. The van der Waals surface area contributed by atoms with Crippen LogP contribution in [0.1, 0.15) is 47.7 Å². The van der Waals surface area contributed by atoms with Gasteiger partial charge in [0.15, 0.2) is 0 Å². The highest BCUT2D eigenvalue weighted by molar-refractivity contribution is 5.86. The average Bonchev–Trinajstić information content (AvgIpc) is 2.94. The molecule has 5 nitrogen and oxygen atoms in total. The molecule has 1 aliphatic carbocycles. The molecule has 94 valence electrons. The first kappa shape index (κ1) is 11.1. The quantitative estimate of drug-likeness (QED) is 0.898. The van der Waals surface area contributed by atoms with E-state index >= 15 is 0 Å². The molecule has 2 aromatic heterocycles. The zero-order valence-corrected chi connectivity index (χ0v) is 9.97. The molecule has 0 bridgehead atoms. The van der Waals surface area contributed by atoms with E-state index in [1.165, 1.54) is 0 Å². The SMILES string of the molecule is CCc1occc1-c1nc(C2CC2)c(C(=O)O)o1. The third-order valence-electron chi connectivity index (χ3n) is 3.11. The summed E-state index contributed by atoms with van der Waals surface area (Å²) in [6.45, 7) is 1.96. The summed E-state index contributed by atoms with van der Waals surface area (Å²) in [6.07, 6.45) is 4.25. The van der Waals surface area contributed by atoms with Crippen LogP contribution in [0.15, 0.2) is 21.2 Å². The maximum atomic E-state index is 11.1. The molecule has 0 spiro atoms. The van der Waals surface area contributed by atoms with Gasteiger partial charge in [0, 0.05) is 12.3 Å². The van der Waals surface area contributed by atoms with Crippen molar-refractivity contribution >= 4 is 5.97 Å². The number of aromatic carboxylic acids is 1. The first-order valence-electron chi connectivity index (χ1n) is 6.01. The lowest BCUT2D eigenvalue weighted by molar-refractivity contribution is 0.0661. The minimum Gasteiger partial charge on any atom is -0.475 e. The Morgan fingerprint density at radius 3 is 2.94 bits per heavy atom. The number of aryl methyl sites for hydroxylation is 1.